The van der Waals surface area contributed by atoms with Crippen LogP contribution >= 0.6 is 0 Å². The predicted molar refractivity (Wildman–Crippen MR) is 72.0 cm³/mol. The van der Waals surface area contributed by atoms with Crippen LogP contribution in [0, 0.1) is 0 Å². The summed E-state index contributed by atoms with van der Waals surface area (Å²) in [6.07, 6.45) is 6.38. The molecule has 0 amide bonds. The third-order valence-corrected chi connectivity index (χ3v) is 3.62. The lowest BCUT2D eigenvalue weighted by Crippen LogP contribution is -2.26. The molecular formula is C15H21NO2. The Morgan fingerprint density at radius 1 is 1.06 bits per heavy atom. The van der Waals surface area contributed by atoms with Gasteiger partial charge in [0.05, 0.1) is 5.56 Å². The molecule has 2 rings (SSSR count). The summed E-state index contributed by atoms with van der Waals surface area (Å²) in [7, 11) is 0. The van der Waals surface area contributed by atoms with Crippen molar-refractivity contribution in [1.29, 1.82) is 0 Å². The molecule has 3 heteroatoms. The Morgan fingerprint density at radius 3 is 2.22 bits per heavy atom. The number of aromatic carboxylic acids is 1. The minimum absolute atomic E-state index is 0.369. The molecule has 0 aromatic heterocycles. The van der Waals surface area contributed by atoms with Gasteiger partial charge >= 0.3 is 5.97 Å². The first-order valence-corrected chi connectivity index (χ1v) is 6.80. The third kappa shape index (κ3) is 3.84. The Labute approximate surface area is 108 Å². The number of carbonyl (C=O) groups is 1. The summed E-state index contributed by atoms with van der Waals surface area (Å²) in [4.78, 5) is 13.3. The monoisotopic (exact) mass is 247 g/mol. The van der Waals surface area contributed by atoms with E-state index in [4.69, 9.17) is 5.11 Å². The van der Waals surface area contributed by atoms with E-state index in [0.717, 1.165) is 13.0 Å². The molecule has 0 spiro atoms. The number of hydrogen-bond acceptors (Lipinski definition) is 2. The summed E-state index contributed by atoms with van der Waals surface area (Å²) in [6, 6.07) is 7.25. The maximum Gasteiger partial charge on any atom is 0.335 e. The number of benzene rings is 1. The van der Waals surface area contributed by atoms with E-state index in [2.05, 4.69) is 4.90 Å². The van der Waals surface area contributed by atoms with Crippen molar-refractivity contribution < 1.29 is 9.90 Å². The summed E-state index contributed by atoms with van der Waals surface area (Å²) < 4.78 is 0. The SMILES string of the molecule is O=C(O)c1ccc(CCN2CCCCCC2)cc1. The van der Waals surface area contributed by atoms with Crippen LogP contribution in [0.15, 0.2) is 24.3 Å². The molecule has 0 aliphatic carbocycles. The highest BCUT2D eigenvalue weighted by atomic mass is 16.4. The van der Waals surface area contributed by atoms with E-state index in [-0.39, 0.29) is 0 Å². The molecule has 1 aliphatic heterocycles. The summed E-state index contributed by atoms with van der Waals surface area (Å²) in [5.41, 5.74) is 1.60. The smallest absolute Gasteiger partial charge is 0.335 e. The van der Waals surface area contributed by atoms with Crippen molar-refractivity contribution in [2.24, 2.45) is 0 Å². The van der Waals surface area contributed by atoms with Crippen molar-refractivity contribution in [3.63, 3.8) is 0 Å². The van der Waals surface area contributed by atoms with E-state index in [9.17, 15) is 4.79 Å². The first-order chi connectivity index (χ1) is 8.75. The summed E-state index contributed by atoms with van der Waals surface area (Å²) in [5, 5.41) is 8.83. The van der Waals surface area contributed by atoms with Crippen molar-refractivity contribution in [2.45, 2.75) is 32.1 Å². The topological polar surface area (TPSA) is 40.5 Å². The quantitative estimate of drug-likeness (QED) is 0.889. The lowest BCUT2D eigenvalue weighted by molar-refractivity contribution is 0.0697. The van der Waals surface area contributed by atoms with Gasteiger partial charge in [-0.15, -0.1) is 0 Å². The second-order valence-corrected chi connectivity index (χ2v) is 5.01. The molecule has 1 aliphatic rings. The van der Waals surface area contributed by atoms with Gasteiger partial charge < -0.3 is 10.0 Å². The van der Waals surface area contributed by atoms with E-state index in [1.54, 1.807) is 12.1 Å². The van der Waals surface area contributed by atoms with Crippen molar-refractivity contribution in [2.75, 3.05) is 19.6 Å². The maximum atomic E-state index is 10.7. The van der Waals surface area contributed by atoms with Crippen LogP contribution < -0.4 is 0 Å². The molecule has 18 heavy (non-hydrogen) atoms. The Hall–Kier alpha value is -1.35. The van der Waals surface area contributed by atoms with Gasteiger partial charge in [-0.2, -0.15) is 0 Å². The Balaban J connectivity index is 1.83. The Kier molecular flexibility index (Phi) is 4.76. The second-order valence-electron chi connectivity index (χ2n) is 5.01. The van der Waals surface area contributed by atoms with Crippen molar-refractivity contribution in [3.05, 3.63) is 35.4 Å². The minimum Gasteiger partial charge on any atom is -0.478 e. The van der Waals surface area contributed by atoms with Gasteiger partial charge in [-0.1, -0.05) is 25.0 Å². The van der Waals surface area contributed by atoms with Crippen molar-refractivity contribution in [3.8, 4) is 0 Å². The minimum atomic E-state index is -0.853. The zero-order valence-corrected chi connectivity index (χ0v) is 10.8. The van der Waals surface area contributed by atoms with Gasteiger partial charge in [0.25, 0.3) is 0 Å². The fraction of sp³-hybridized carbons (Fsp3) is 0.533. The van der Waals surface area contributed by atoms with Gasteiger partial charge in [-0.25, -0.2) is 4.79 Å². The molecule has 0 atom stereocenters. The summed E-state index contributed by atoms with van der Waals surface area (Å²) in [6.45, 7) is 3.52. The van der Waals surface area contributed by atoms with E-state index in [0.29, 0.717) is 5.56 Å². The fourth-order valence-corrected chi connectivity index (χ4v) is 2.46. The summed E-state index contributed by atoms with van der Waals surface area (Å²) in [5.74, 6) is -0.853. The number of rotatable bonds is 4. The highest BCUT2D eigenvalue weighted by Gasteiger charge is 2.09. The standard InChI is InChI=1S/C15H21NO2/c17-15(18)14-7-5-13(6-8-14)9-12-16-10-3-1-2-4-11-16/h5-8H,1-4,9-12H2,(H,17,18). The molecule has 98 valence electrons. The molecule has 1 aromatic carbocycles. The van der Waals surface area contributed by atoms with Gasteiger partial charge in [0.1, 0.15) is 0 Å². The molecule has 1 saturated heterocycles. The van der Waals surface area contributed by atoms with Crippen LogP contribution in [0.4, 0.5) is 0 Å². The number of likely N-dealkylation sites (tertiary alicyclic amines) is 1. The fourth-order valence-electron chi connectivity index (χ4n) is 2.46. The highest BCUT2D eigenvalue weighted by Crippen LogP contribution is 2.11. The zero-order valence-electron chi connectivity index (χ0n) is 10.8. The van der Waals surface area contributed by atoms with E-state index in [1.807, 2.05) is 12.1 Å². The number of carboxylic acid groups (broad SMARTS) is 1. The van der Waals surface area contributed by atoms with Crippen LogP contribution in [0.5, 0.6) is 0 Å². The second kappa shape index (κ2) is 6.55. The first kappa shape index (κ1) is 13.1. The first-order valence-electron chi connectivity index (χ1n) is 6.80. The number of carboxylic acids is 1. The van der Waals surface area contributed by atoms with Crippen LogP contribution in [-0.2, 0) is 6.42 Å². The molecule has 0 bridgehead atoms. The average Bonchev–Trinajstić information content (AvgIpc) is 2.65. The van der Waals surface area contributed by atoms with Gasteiger partial charge in [0, 0.05) is 6.54 Å². The van der Waals surface area contributed by atoms with E-state index >= 15 is 0 Å². The summed E-state index contributed by atoms with van der Waals surface area (Å²) >= 11 is 0. The maximum absolute atomic E-state index is 10.7. The Morgan fingerprint density at radius 2 is 1.67 bits per heavy atom. The average molecular weight is 247 g/mol. The van der Waals surface area contributed by atoms with Gasteiger partial charge in [0.15, 0.2) is 0 Å². The van der Waals surface area contributed by atoms with E-state index < -0.39 is 5.97 Å². The zero-order chi connectivity index (χ0) is 12.8. The molecule has 1 fully saturated rings. The molecule has 0 unspecified atom stereocenters. The van der Waals surface area contributed by atoms with Crippen LogP contribution in [-0.4, -0.2) is 35.6 Å². The van der Waals surface area contributed by atoms with Crippen LogP contribution in [0.25, 0.3) is 0 Å². The van der Waals surface area contributed by atoms with Crippen LogP contribution in [0.1, 0.15) is 41.6 Å². The molecule has 1 aromatic rings. The molecule has 1 N–H and O–H groups in total. The largest absolute Gasteiger partial charge is 0.478 e. The number of hydrogen-bond donors (Lipinski definition) is 1. The predicted octanol–water partition coefficient (Wildman–Crippen LogP) is 2.80. The number of nitrogens with zero attached hydrogens (tertiary/aromatic N) is 1. The van der Waals surface area contributed by atoms with Crippen molar-refractivity contribution in [1.82, 2.24) is 4.90 Å². The highest BCUT2D eigenvalue weighted by molar-refractivity contribution is 5.87. The van der Waals surface area contributed by atoms with Gasteiger partial charge in [0.2, 0.25) is 0 Å². The lowest BCUT2D eigenvalue weighted by Gasteiger charge is -2.19. The van der Waals surface area contributed by atoms with Crippen LogP contribution in [0.2, 0.25) is 0 Å². The van der Waals surface area contributed by atoms with Gasteiger partial charge in [-0.05, 0) is 50.0 Å². The van der Waals surface area contributed by atoms with Crippen molar-refractivity contribution >= 4 is 5.97 Å². The third-order valence-electron chi connectivity index (χ3n) is 3.62. The lowest BCUT2D eigenvalue weighted by atomic mass is 10.1. The van der Waals surface area contributed by atoms with E-state index in [1.165, 1.54) is 44.3 Å². The molecule has 3 nitrogen and oxygen atoms in total. The molecular weight excluding hydrogens is 226 g/mol. The normalized spacial score (nSPS) is 17.3. The Bertz CT molecular complexity index is 378. The molecule has 1 heterocycles. The van der Waals surface area contributed by atoms with Gasteiger partial charge in [-0.3, -0.25) is 0 Å². The molecule has 0 saturated carbocycles. The molecule has 0 radical (unpaired) electrons. The van der Waals surface area contributed by atoms with Crippen LogP contribution in [0.3, 0.4) is 0 Å².